The first kappa shape index (κ1) is 23.8. The number of halogens is 1. The van der Waals surface area contributed by atoms with E-state index in [0.29, 0.717) is 10.6 Å². The molecule has 9 nitrogen and oxygen atoms in total. The third-order valence-corrected chi connectivity index (χ3v) is 3.63. The van der Waals surface area contributed by atoms with Gasteiger partial charge < -0.3 is 19.9 Å². The molecule has 1 aromatic carbocycles. The number of ether oxygens (including phenoxy) is 2. The molecular weight excluding hydrogens is 409 g/mol. The van der Waals surface area contributed by atoms with E-state index in [-0.39, 0.29) is 23.1 Å². The minimum absolute atomic E-state index is 0.0255. The largest absolute Gasteiger partial charge is 0.480 e. The Kier molecular flexibility index (Phi) is 6.73. The van der Waals surface area contributed by atoms with Crippen LogP contribution in [0.1, 0.15) is 41.5 Å². The Morgan fingerprint density at radius 3 is 2.06 bits per heavy atom. The summed E-state index contributed by atoms with van der Waals surface area (Å²) < 4.78 is 25.2. The molecule has 0 radical (unpaired) electrons. The Morgan fingerprint density at radius 1 is 1.03 bits per heavy atom. The second-order valence-electron chi connectivity index (χ2n) is 8.73. The molecule has 0 aliphatic carbocycles. The Morgan fingerprint density at radius 2 is 1.58 bits per heavy atom. The summed E-state index contributed by atoms with van der Waals surface area (Å²) in [7, 11) is 0. The van der Waals surface area contributed by atoms with Gasteiger partial charge in [-0.2, -0.15) is 4.90 Å². The second-order valence-corrected chi connectivity index (χ2v) is 8.73. The SMILES string of the molecule is CC(C)(C)OC(=O)N(C(=O)OC(C)(C)C)c1ncc(F)c2cc(NCC(=O)O)ccc12. The number of nitrogens with zero attached hydrogens (tertiary/aromatic N) is 2. The number of anilines is 2. The van der Waals surface area contributed by atoms with Crippen LogP contribution in [-0.2, 0) is 14.3 Å². The van der Waals surface area contributed by atoms with Crippen LogP contribution in [0, 0.1) is 5.82 Å². The number of carboxylic acids is 1. The van der Waals surface area contributed by atoms with Crippen LogP contribution in [0.15, 0.2) is 24.4 Å². The zero-order chi connectivity index (χ0) is 23.6. The molecule has 1 heterocycles. The quantitative estimate of drug-likeness (QED) is 0.718. The van der Waals surface area contributed by atoms with Gasteiger partial charge in [-0.15, -0.1) is 0 Å². The zero-order valence-corrected chi connectivity index (χ0v) is 18.3. The van der Waals surface area contributed by atoms with E-state index in [0.717, 1.165) is 6.20 Å². The van der Waals surface area contributed by atoms with Gasteiger partial charge in [-0.3, -0.25) is 4.79 Å². The summed E-state index contributed by atoms with van der Waals surface area (Å²) in [5.41, 5.74) is -1.49. The van der Waals surface area contributed by atoms with Gasteiger partial charge in [0.1, 0.15) is 23.6 Å². The van der Waals surface area contributed by atoms with E-state index in [9.17, 15) is 18.8 Å². The van der Waals surface area contributed by atoms with Crippen molar-refractivity contribution in [3.05, 3.63) is 30.2 Å². The van der Waals surface area contributed by atoms with Crippen LogP contribution in [-0.4, -0.2) is 46.0 Å². The van der Waals surface area contributed by atoms with Crippen molar-refractivity contribution in [2.75, 3.05) is 16.8 Å². The van der Waals surface area contributed by atoms with Crippen molar-refractivity contribution in [1.82, 2.24) is 4.98 Å². The molecule has 2 amide bonds. The number of nitrogens with one attached hydrogen (secondary N) is 1. The van der Waals surface area contributed by atoms with Crippen LogP contribution in [0.2, 0.25) is 0 Å². The Hall–Kier alpha value is -3.43. The predicted octanol–water partition coefficient (Wildman–Crippen LogP) is 4.55. The van der Waals surface area contributed by atoms with Gasteiger partial charge in [-0.05, 0) is 59.7 Å². The van der Waals surface area contributed by atoms with Gasteiger partial charge in [0.05, 0.1) is 6.20 Å². The topological polar surface area (TPSA) is 118 Å². The van der Waals surface area contributed by atoms with Crippen molar-refractivity contribution < 1.29 is 33.4 Å². The molecule has 10 heteroatoms. The van der Waals surface area contributed by atoms with Gasteiger partial charge in [-0.1, -0.05) is 0 Å². The zero-order valence-electron chi connectivity index (χ0n) is 18.3. The van der Waals surface area contributed by atoms with Crippen molar-refractivity contribution in [2.45, 2.75) is 52.7 Å². The number of imide groups is 1. The standard InChI is InChI=1S/C21H26FN3O6/c1-20(2,3)30-18(28)25(19(29)31-21(4,5)6)17-13-8-7-12(23-11-16(26)27)9-14(13)15(22)10-24-17/h7-10,23H,11H2,1-6H3,(H,26,27). The number of amides is 2. The highest BCUT2D eigenvalue weighted by Crippen LogP contribution is 2.31. The summed E-state index contributed by atoms with van der Waals surface area (Å²) in [4.78, 5) is 41.0. The number of hydrogen-bond donors (Lipinski definition) is 2. The lowest BCUT2D eigenvalue weighted by atomic mass is 10.1. The summed E-state index contributed by atoms with van der Waals surface area (Å²) in [6, 6.07) is 4.27. The molecule has 0 aliphatic heterocycles. The first-order chi connectivity index (χ1) is 14.2. The van der Waals surface area contributed by atoms with Crippen molar-refractivity contribution in [1.29, 1.82) is 0 Å². The normalized spacial score (nSPS) is 11.7. The molecule has 0 fully saturated rings. The van der Waals surface area contributed by atoms with E-state index < -0.39 is 35.2 Å². The molecule has 2 aromatic rings. The Bertz CT molecular complexity index is 983. The van der Waals surface area contributed by atoms with Crippen LogP contribution in [0.25, 0.3) is 10.8 Å². The highest BCUT2D eigenvalue weighted by molar-refractivity contribution is 6.14. The van der Waals surface area contributed by atoms with Crippen molar-refractivity contribution >= 4 is 40.4 Å². The average Bonchev–Trinajstić information content (AvgIpc) is 2.59. The maximum atomic E-state index is 14.5. The minimum Gasteiger partial charge on any atom is -0.480 e. The predicted molar refractivity (Wildman–Crippen MR) is 113 cm³/mol. The van der Waals surface area contributed by atoms with Crippen molar-refractivity contribution in [3.63, 3.8) is 0 Å². The number of benzene rings is 1. The fraction of sp³-hybridized carbons (Fsp3) is 0.429. The lowest BCUT2D eigenvalue weighted by Crippen LogP contribution is -2.44. The molecule has 168 valence electrons. The highest BCUT2D eigenvalue weighted by Gasteiger charge is 2.34. The minimum atomic E-state index is -1.09. The summed E-state index contributed by atoms with van der Waals surface area (Å²) >= 11 is 0. The molecule has 2 N–H and O–H groups in total. The second kappa shape index (κ2) is 8.75. The molecule has 2 rings (SSSR count). The molecule has 31 heavy (non-hydrogen) atoms. The average molecular weight is 435 g/mol. The van der Waals surface area contributed by atoms with E-state index in [2.05, 4.69) is 10.3 Å². The number of aromatic nitrogens is 1. The number of aliphatic carboxylic acids is 1. The molecule has 0 saturated heterocycles. The van der Waals surface area contributed by atoms with Gasteiger partial charge in [0.15, 0.2) is 5.82 Å². The first-order valence-corrected chi connectivity index (χ1v) is 9.48. The molecule has 0 aliphatic rings. The van der Waals surface area contributed by atoms with Crippen LogP contribution in [0.5, 0.6) is 0 Å². The van der Waals surface area contributed by atoms with E-state index in [1.165, 1.54) is 18.2 Å². The first-order valence-electron chi connectivity index (χ1n) is 9.48. The number of carbonyl (C=O) groups is 3. The number of carbonyl (C=O) groups excluding carboxylic acids is 2. The van der Waals surface area contributed by atoms with Gasteiger partial charge >= 0.3 is 18.2 Å². The van der Waals surface area contributed by atoms with Gasteiger partial charge in [-0.25, -0.2) is 19.0 Å². The van der Waals surface area contributed by atoms with E-state index in [4.69, 9.17) is 14.6 Å². The third kappa shape index (κ3) is 6.53. The van der Waals surface area contributed by atoms with Gasteiger partial charge in [0.25, 0.3) is 0 Å². The number of fused-ring (bicyclic) bond motifs is 1. The van der Waals surface area contributed by atoms with E-state index >= 15 is 0 Å². The Labute approximate surface area is 179 Å². The number of hydrogen-bond acceptors (Lipinski definition) is 7. The maximum absolute atomic E-state index is 14.5. The molecular formula is C21H26FN3O6. The van der Waals surface area contributed by atoms with Gasteiger partial charge in [0.2, 0.25) is 0 Å². The third-order valence-electron chi connectivity index (χ3n) is 3.63. The lowest BCUT2D eigenvalue weighted by Gasteiger charge is -2.28. The molecule has 0 atom stereocenters. The number of carboxylic acid groups (broad SMARTS) is 1. The van der Waals surface area contributed by atoms with Crippen LogP contribution in [0.3, 0.4) is 0 Å². The monoisotopic (exact) mass is 435 g/mol. The Balaban J connectivity index is 2.59. The maximum Gasteiger partial charge on any atom is 0.425 e. The molecule has 0 unspecified atom stereocenters. The lowest BCUT2D eigenvalue weighted by molar-refractivity contribution is -0.134. The summed E-state index contributed by atoms with van der Waals surface area (Å²) in [6.45, 7) is 9.43. The van der Waals surface area contributed by atoms with Gasteiger partial charge in [0, 0.05) is 16.5 Å². The van der Waals surface area contributed by atoms with Crippen LogP contribution in [0.4, 0.5) is 25.5 Å². The molecule has 0 spiro atoms. The fourth-order valence-corrected chi connectivity index (χ4v) is 2.52. The smallest absolute Gasteiger partial charge is 0.425 e. The summed E-state index contributed by atoms with van der Waals surface area (Å²) in [5.74, 6) is -1.98. The molecule has 1 aromatic heterocycles. The van der Waals surface area contributed by atoms with Crippen LogP contribution < -0.4 is 10.2 Å². The van der Waals surface area contributed by atoms with E-state index in [1.807, 2.05) is 0 Å². The fourth-order valence-electron chi connectivity index (χ4n) is 2.52. The summed E-state index contributed by atoms with van der Waals surface area (Å²) in [5, 5.41) is 11.6. The van der Waals surface area contributed by atoms with Crippen LogP contribution >= 0.6 is 0 Å². The number of rotatable bonds is 4. The van der Waals surface area contributed by atoms with E-state index in [1.54, 1.807) is 41.5 Å². The highest BCUT2D eigenvalue weighted by atomic mass is 19.1. The number of pyridine rings is 1. The molecule has 0 saturated carbocycles. The van der Waals surface area contributed by atoms with Crippen molar-refractivity contribution in [3.8, 4) is 0 Å². The summed E-state index contributed by atoms with van der Waals surface area (Å²) in [6.07, 6.45) is -1.20. The van der Waals surface area contributed by atoms with Crippen molar-refractivity contribution in [2.24, 2.45) is 0 Å². The molecule has 0 bridgehead atoms.